The van der Waals surface area contributed by atoms with Crippen molar-refractivity contribution in [2.24, 2.45) is 5.92 Å². The molecule has 0 fully saturated rings. The predicted molar refractivity (Wildman–Crippen MR) is 79.6 cm³/mol. The van der Waals surface area contributed by atoms with Gasteiger partial charge in [0.25, 0.3) is 0 Å². The molecule has 0 saturated heterocycles. The highest BCUT2D eigenvalue weighted by Gasteiger charge is 2.19. The number of nitrogens with zero attached hydrogens (tertiary/aromatic N) is 2. The average Bonchev–Trinajstić information content (AvgIpc) is 3.04. The standard InChI is InChI=1S/C16H17N3O2/c1-11-7-8-13(16-19-17-10-21-16)9-14(11)18-15(20)12-5-3-2-4-6-12/h2-3,7-10,12H,4-6H2,1H3,(H,18,20)/t12-/m1/s1. The van der Waals surface area contributed by atoms with Gasteiger partial charge in [0.2, 0.25) is 18.2 Å². The number of hydrogen-bond donors (Lipinski definition) is 1. The summed E-state index contributed by atoms with van der Waals surface area (Å²) in [5.74, 6) is 0.581. The Balaban J connectivity index is 1.79. The summed E-state index contributed by atoms with van der Waals surface area (Å²) in [5.41, 5.74) is 2.61. The maximum atomic E-state index is 12.3. The highest BCUT2D eigenvalue weighted by Crippen LogP contribution is 2.26. The number of aryl methyl sites for hydroxylation is 1. The number of allylic oxidation sites excluding steroid dienone is 2. The molecule has 1 aromatic heterocycles. The Kier molecular flexibility index (Phi) is 3.81. The molecule has 1 aliphatic rings. The molecule has 1 amide bonds. The molecule has 5 heteroatoms. The number of carbonyl (C=O) groups excluding carboxylic acids is 1. The van der Waals surface area contributed by atoms with Crippen molar-refractivity contribution < 1.29 is 9.21 Å². The molecule has 0 saturated carbocycles. The number of hydrogen-bond acceptors (Lipinski definition) is 4. The number of carbonyl (C=O) groups is 1. The molecule has 3 rings (SSSR count). The molecule has 5 nitrogen and oxygen atoms in total. The minimum absolute atomic E-state index is 0.0569. The lowest BCUT2D eigenvalue weighted by Gasteiger charge is -2.18. The molecular weight excluding hydrogens is 266 g/mol. The van der Waals surface area contributed by atoms with Crippen molar-refractivity contribution in [3.05, 3.63) is 42.3 Å². The summed E-state index contributed by atoms with van der Waals surface area (Å²) in [6.07, 6.45) is 8.19. The summed E-state index contributed by atoms with van der Waals surface area (Å²) >= 11 is 0. The Morgan fingerprint density at radius 1 is 1.38 bits per heavy atom. The first-order chi connectivity index (χ1) is 10.2. The molecule has 108 valence electrons. The van der Waals surface area contributed by atoms with Crippen LogP contribution in [0.1, 0.15) is 24.8 Å². The van der Waals surface area contributed by atoms with E-state index in [0.29, 0.717) is 5.89 Å². The normalized spacial score (nSPS) is 17.7. The number of anilines is 1. The van der Waals surface area contributed by atoms with E-state index in [9.17, 15) is 4.79 Å². The monoisotopic (exact) mass is 283 g/mol. The summed E-state index contributed by atoms with van der Waals surface area (Å²) in [4.78, 5) is 12.3. The van der Waals surface area contributed by atoms with Crippen LogP contribution in [-0.2, 0) is 4.79 Å². The Hall–Kier alpha value is -2.43. The van der Waals surface area contributed by atoms with Crippen molar-refractivity contribution in [1.29, 1.82) is 0 Å². The van der Waals surface area contributed by atoms with Crippen LogP contribution in [0.3, 0.4) is 0 Å². The zero-order valence-corrected chi connectivity index (χ0v) is 11.9. The Labute approximate surface area is 123 Å². The van der Waals surface area contributed by atoms with Gasteiger partial charge in [-0.15, -0.1) is 10.2 Å². The molecule has 0 bridgehead atoms. The minimum atomic E-state index is 0.0569. The largest absolute Gasteiger partial charge is 0.423 e. The first kappa shape index (κ1) is 13.5. The van der Waals surface area contributed by atoms with Crippen molar-refractivity contribution in [2.75, 3.05) is 5.32 Å². The molecule has 1 aromatic carbocycles. The first-order valence-corrected chi connectivity index (χ1v) is 7.07. The van der Waals surface area contributed by atoms with Gasteiger partial charge in [-0.25, -0.2) is 0 Å². The first-order valence-electron chi connectivity index (χ1n) is 7.07. The van der Waals surface area contributed by atoms with Gasteiger partial charge in [-0.05, 0) is 43.9 Å². The zero-order valence-electron chi connectivity index (χ0n) is 11.9. The van der Waals surface area contributed by atoms with Crippen LogP contribution in [0.25, 0.3) is 11.5 Å². The van der Waals surface area contributed by atoms with Crippen molar-refractivity contribution in [1.82, 2.24) is 10.2 Å². The van der Waals surface area contributed by atoms with Crippen LogP contribution in [0.2, 0.25) is 0 Å². The molecule has 1 N–H and O–H groups in total. The van der Waals surface area contributed by atoms with Gasteiger partial charge in [-0.3, -0.25) is 4.79 Å². The predicted octanol–water partition coefficient (Wildman–Crippen LogP) is 3.34. The van der Waals surface area contributed by atoms with E-state index in [1.54, 1.807) is 0 Å². The van der Waals surface area contributed by atoms with Gasteiger partial charge in [0.1, 0.15) is 0 Å². The molecule has 1 atom stereocenters. The van der Waals surface area contributed by atoms with Gasteiger partial charge in [0.05, 0.1) is 0 Å². The van der Waals surface area contributed by atoms with E-state index in [4.69, 9.17) is 4.42 Å². The van der Waals surface area contributed by atoms with Gasteiger partial charge < -0.3 is 9.73 Å². The van der Waals surface area contributed by atoms with Crippen LogP contribution in [0.15, 0.2) is 41.2 Å². The molecule has 2 aromatic rings. The topological polar surface area (TPSA) is 68.0 Å². The third-order valence-corrected chi connectivity index (χ3v) is 3.74. The lowest BCUT2D eigenvalue weighted by atomic mass is 9.93. The lowest BCUT2D eigenvalue weighted by Crippen LogP contribution is -2.23. The molecule has 21 heavy (non-hydrogen) atoms. The third kappa shape index (κ3) is 3.02. The van der Waals surface area contributed by atoms with E-state index in [1.807, 2.05) is 25.1 Å². The SMILES string of the molecule is Cc1ccc(-c2nnco2)cc1NC(=O)[C@@H]1CC=CCC1. The van der Waals surface area contributed by atoms with E-state index in [0.717, 1.165) is 36.1 Å². The van der Waals surface area contributed by atoms with Crippen molar-refractivity contribution in [3.63, 3.8) is 0 Å². The number of rotatable bonds is 3. The number of amides is 1. The van der Waals surface area contributed by atoms with Gasteiger partial charge in [-0.1, -0.05) is 18.2 Å². The van der Waals surface area contributed by atoms with E-state index in [1.165, 1.54) is 6.39 Å². The Bertz CT molecular complexity index is 662. The fourth-order valence-corrected chi connectivity index (χ4v) is 2.46. The minimum Gasteiger partial charge on any atom is -0.423 e. The number of nitrogens with one attached hydrogen (secondary N) is 1. The van der Waals surface area contributed by atoms with E-state index < -0.39 is 0 Å². The molecule has 1 aliphatic carbocycles. The lowest BCUT2D eigenvalue weighted by molar-refractivity contribution is -0.120. The number of benzene rings is 1. The average molecular weight is 283 g/mol. The van der Waals surface area contributed by atoms with Gasteiger partial charge in [0.15, 0.2) is 0 Å². The Morgan fingerprint density at radius 2 is 2.29 bits per heavy atom. The molecule has 0 unspecified atom stereocenters. The van der Waals surface area contributed by atoms with Gasteiger partial charge >= 0.3 is 0 Å². The third-order valence-electron chi connectivity index (χ3n) is 3.74. The highest BCUT2D eigenvalue weighted by molar-refractivity contribution is 5.94. The quantitative estimate of drug-likeness (QED) is 0.877. The highest BCUT2D eigenvalue weighted by atomic mass is 16.4. The molecular formula is C16H17N3O2. The van der Waals surface area contributed by atoms with Crippen molar-refractivity contribution in [3.8, 4) is 11.5 Å². The second kappa shape index (κ2) is 5.91. The van der Waals surface area contributed by atoms with E-state index in [2.05, 4.69) is 27.7 Å². The fraction of sp³-hybridized carbons (Fsp3) is 0.312. The second-order valence-corrected chi connectivity index (χ2v) is 5.24. The summed E-state index contributed by atoms with van der Waals surface area (Å²) in [6, 6.07) is 5.72. The molecule has 1 heterocycles. The molecule has 0 spiro atoms. The number of aromatic nitrogens is 2. The van der Waals surface area contributed by atoms with E-state index >= 15 is 0 Å². The summed E-state index contributed by atoms with van der Waals surface area (Å²) in [6.45, 7) is 1.97. The summed E-state index contributed by atoms with van der Waals surface area (Å²) in [5, 5.41) is 10.6. The van der Waals surface area contributed by atoms with Crippen LogP contribution in [0.5, 0.6) is 0 Å². The fourth-order valence-electron chi connectivity index (χ4n) is 2.46. The van der Waals surface area contributed by atoms with Gasteiger partial charge in [-0.2, -0.15) is 0 Å². The second-order valence-electron chi connectivity index (χ2n) is 5.24. The smallest absolute Gasteiger partial charge is 0.247 e. The van der Waals surface area contributed by atoms with Crippen LogP contribution in [0, 0.1) is 12.8 Å². The van der Waals surface area contributed by atoms with Crippen LogP contribution < -0.4 is 5.32 Å². The maximum absolute atomic E-state index is 12.3. The summed E-state index contributed by atoms with van der Waals surface area (Å²) in [7, 11) is 0. The van der Waals surface area contributed by atoms with Crippen LogP contribution >= 0.6 is 0 Å². The zero-order chi connectivity index (χ0) is 14.7. The van der Waals surface area contributed by atoms with Gasteiger partial charge in [0, 0.05) is 17.2 Å². The van der Waals surface area contributed by atoms with E-state index in [-0.39, 0.29) is 11.8 Å². The molecule has 0 aliphatic heterocycles. The van der Waals surface area contributed by atoms with Crippen molar-refractivity contribution >= 4 is 11.6 Å². The van der Waals surface area contributed by atoms with Crippen LogP contribution in [-0.4, -0.2) is 16.1 Å². The molecule has 0 radical (unpaired) electrons. The summed E-state index contributed by atoms with van der Waals surface area (Å²) < 4.78 is 5.19. The van der Waals surface area contributed by atoms with Crippen LogP contribution in [0.4, 0.5) is 5.69 Å². The van der Waals surface area contributed by atoms with Crippen molar-refractivity contribution in [2.45, 2.75) is 26.2 Å². The Morgan fingerprint density at radius 3 is 3.00 bits per heavy atom. The maximum Gasteiger partial charge on any atom is 0.247 e.